The molecule has 1 amide bonds. The van der Waals surface area contributed by atoms with Crippen molar-refractivity contribution < 1.29 is 24.6 Å². The molecule has 0 aliphatic carbocycles. The number of hydrogen-bond donors (Lipinski definition) is 3. The number of aliphatic carboxylic acids is 2. The van der Waals surface area contributed by atoms with Crippen LogP contribution in [0.4, 0.5) is 0 Å². The molecule has 0 aromatic heterocycles. The van der Waals surface area contributed by atoms with E-state index in [2.05, 4.69) is 11.9 Å². The molecule has 0 aromatic rings. The van der Waals surface area contributed by atoms with E-state index in [4.69, 9.17) is 10.2 Å². The highest BCUT2D eigenvalue weighted by Crippen LogP contribution is 2.09. The Kier molecular flexibility index (Phi) is 4.94. The Labute approximate surface area is 92.3 Å². The SMILES string of the molecule is C=CC(/C=C/C(=O)O)(NC(=O)CC)C(=O)O. The van der Waals surface area contributed by atoms with E-state index in [0.717, 1.165) is 12.2 Å². The van der Waals surface area contributed by atoms with Gasteiger partial charge in [0.2, 0.25) is 5.91 Å². The summed E-state index contributed by atoms with van der Waals surface area (Å²) in [6.07, 6.45) is 2.55. The van der Waals surface area contributed by atoms with Gasteiger partial charge in [0.15, 0.2) is 5.54 Å². The van der Waals surface area contributed by atoms with Gasteiger partial charge in [0.25, 0.3) is 0 Å². The number of rotatable bonds is 6. The molecule has 0 spiro atoms. The minimum absolute atomic E-state index is 0.0871. The van der Waals surface area contributed by atoms with Gasteiger partial charge in [0.05, 0.1) is 0 Å². The van der Waals surface area contributed by atoms with Crippen LogP contribution in [0.5, 0.6) is 0 Å². The molecule has 16 heavy (non-hydrogen) atoms. The second kappa shape index (κ2) is 5.69. The molecule has 0 bridgehead atoms. The fourth-order valence-electron chi connectivity index (χ4n) is 0.895. The lowest BCUT2D eigenvalue weighted by atomic mass is 9.99. The third-order valence-corrected chi connectivity index (χ3v) is 1.83. The van der Waals surface area contributed by atoms with Gasteiger partial charge in [-0.3, -0.25) is 4.79 Å². The summed E-state index contributed by atoms with van der Waals surface area (Å²) < 4.78 is 0. The van der Waals surface area contributed by atoms with Crippen LogP contribution in [-0.2, 0) is 14.4 Å². The molecule has 0 saturated carbocycles. The summed E-state index contributed by atoms with van der Waals surface area (Å²) >= 11 is 0. The molecule has 88 valence electrons. The topological polar surface area (TPSA) is 104 Å². The van der Waals surface area contributed by atoms with Crippen molar-refractivity contribution in [2.24, 2.45) is 0 Å². The highest BCUT2D eigenvalue weighted by Gasteiger charge is 2.34. The molecular formula is C10H13NO5. The van der Waals surface area contributed by atoms with Crippen LogP contribution in [0, 0.1) is 0 Å². The Morgan fingerprint density at radius 2 is 1.94 bits per heavy atom. The van der Waals surface area contributed by atoms with Crippen molar-refractivity contribution in [2.45, 2.75) is 18.9 Å². The van der Waals surface area contributed by atoms with Crippen molar-refractivity contribution in [1.82, 2.24) is 5.32 Å². The lowest BCUT2D eigenvalue weighted by Crippen LogP contribution is -2.51. The Morgan fingerprint density at radius 1 is 1.38 bits per heavy atom. The molecule has 1 atom stereocenters. The molecule has 0 saturated heterocycles. The van der Waals surface area contributed by atoms with E-state index in [1.54, 1.807) is 6.92 Å². The molecule has 0 radical (unpaired) electrons. The van der Waals surface area contributed by atoms with Crippen LogP contribution in [0.15, 0.2) is 24.8 Å². The second-order valence-corrected chi connectivity index (χ2v) is 2.95. The van der Waals surface area contributed by atoms with Gasteiger partial charge in [-0.05, 0) is 6.08 Å². The van der Waals surface area contributed by atoms with E-state index in [1.807, 2.05) is 0 Å². The zero-order valence-electron chi connectivity index (χ0n) is 8.77. The maximum absolute atomic E-state index is 11.1. The Balaban J connectivity index is 5.15. The molecule has 0 heterocycles. The minimum Gasteiger partial charge on any atom is -0.479 e. The number of nitrogens with one attached hydrogen (secondary N) is 1. The van der Waals surface area contributed by atoms with Gasteiger partial charge >= 0.3 is 11.9 Å². The zero-order chi connectivity index (χ0) is 12.8. The Hall–Kier alpha value is -2.11. The van der Waals surface area contributed by atoms with Gasteiger partial charge in [-0.2, -0.15) is 0 Å². The third kappa shape index (κ3) is 3.56. The lowest BCUT2D eigenvalue weighted by Gasteiger charge is -2.22. The quantitative estimate of drug-likeness (QED) is 0.443. The summed E-state index contributed by atoms with van der Waals surface area (Å²) in [6, 6.07) is 0. The second-order valence-electron chi connectivity index (χ2n) is 2.95. The maximum atomic E-state index is 11.1. The Morgan fingerprint density at radius 3 is 2.25 bits per heavy atom. The first-order valence-electron chi connectivity index (χ1n) is 4.48. The van der Waals surface area contributed by atoms with Crippen molar-refractivity contribution in [3.05, 3.63) is 24.8 Å². The first kappa shape index (κ1) is 13.9. The standard InChI is InChI=1S/C10H13NO5/c1-3-7(12)11-10(4-2,9(15)16)6-5-8(13)14/h4-6H,2-3H2,1H3,(H,11,12)(H,13,14)(H,15,16)/b6-5+. The minimum atomic E-state index is -1.88. The number of carboxylic acid groups (broad SMARTS) is 2. The number of carbonyl (C=O) groups excluding carboxylic acids is 1. The van der Waals surface area contributed by atoms with Gasteiger partial charge in [-0.25, -0.2) is 9.59 Å². The number of carboxylic acids is 2. The highest BCUT2D eigenvalue weighted by molar-refractivity contribution is 5.92. The van der Waals surface area contributed by atoms with Crippen LogP contribution in [0.3, 0.4) is 0 Å². The van der Waals surface area contributed by atoms with Crippen LogP contribution in [0.25, 0.3) is 0 Å². The molecule has 0 aliphatic heterocycles. The summed E-state index contributed by atoms with van der Waals surface area (Å²) in [7, 11) is 0. The van der Waals surface area contributed by atoms with Gasteiger partial charge in [0, 0.05) is 12.5 Å². The van der Waals surface area contributed by atoms with E-state index < -0.39 is 23.4 Å². The van der Waals surface area contributed by atoms with E-state index in [0.29, 0.717) is 6.08 Å². The zero-order valence-corrected chi connectivity index (χ0v) is 8.77. The lowest BCUT2D eigenvalue weighted by molar-refractivity contribution is -0.143. The summed E-state index contributed by atoms with van der Waals surface area (Å²) in [5, 5.41) is 19.5. The highest BCUT2D eigenvalue weighted by atomic mass is 16.4. The molecule has 6 nitrogen and oxygen atoms in total. The fraction of sp³-hybridized carbons (Fsp3) is 0.300. The molecule has 6 heteroatoms. The monoisotopic (exact) mass is 227 g/mol. The maximum Gasteiger partial charge on any atom is 0.337 e. The van der Waals surface area contributed by atoms with Crippen molar-refractivity contribution in [1.29, 1.82) is 0 Å². The van der Waals surface area contributed by atoms with E-state index in [9.17, 15) is 14.4 Å². The summed E-state index contributed by atoms with van der Waals surface area (Å²) in [5.41, 5.74) is -1.88. The average molecular weight is 227 g/mol. The smallest absolute Gasteiger partial charge is 0.337 e. The van der Waals surface area contributed by atoms with E-state index in [1.165, 1.54) is 0 Å². The van der Waals surface area contributed by atoms with Crippen molar-refractivity contribution in [3.63, 3.8) is 0 Å². The Bertz CT molecular complexity index is 347. The summed E-state index contributed by atoms with van der Waals surface area (Å²) in [4.78, 5) is 32.4. The number of hydrogen-bond acceptors (Lipinski definition) is 3. The van der Waals surface area contributed by atoms with Crippen molar-refractivity contribution >= 4 is 17.8 Å². The molecule has 0 aromatic carbocycles. The number of carbonyl (C=O) groups is 3. The summed E-state index contributed by atoms with van der Waals surface area (Å²) in [5.74, 6) is -3.22. The molecular weight excluding hydrogens is 214 g/mol. The van der Waals surface area contributed by atoms with Gasteiger partial charge in [-0.1, -0.05) is 19.6 Å². The summed E-state index contributed by atoms with van der Waals surface area (Å²) in [6.45, 7) is 4.83. The largest absolute Gasteiger partial charge is 0.479 e. The van der Waals surface area contributed by atoms with Gasteiger partial charge < -0.3 is 15.5 Å². The van der Waals surface area contributed by atoms with Crippen LogP contribution in [0.1, 0.15) is 13.3 Å². The molecule has 0 aliphatic rings. The van der Waals surface area contributed by atoms with Crippen LogP contribution < -0.4 is 5.32 Å². The molecule has 0 rings (SSSR count). The van der Waals surface area contributed by atoms with Crippen LogP contribution >= 0.6 is 0 Å². The fourth-order valence-corrected chi connectivity index (χ4v) is 0.895. The van der Waals surface area contributed by atoms with Gasteiger partial charge in [0.1, 0.15) is 0 Å². The van der Waals surface area contributed by atoms with Crippen molar-refractivity contribution in [3.8, 4) is 0 Å². The molecule has 1 unspecified atom stereocenters. The molecule has 0 fully saturated rings. The van der Waals surface area contributed by atoms with Crippen LogP contribution in [0.2, 0.25) is 0 Å². The number of amides is 1. The molecule has 3 N–H and O–H groups in total. The third-order valence-electron chi connectivity index (χ3n) is 1.83. The predicted molar refractivity (Wildman–Crippen MR) is 55.8 cm³/mol. The predicted octanol–water partition coefficient (Wildman–Crippen LogP) is 0.163. The van der Waals surface area contributed by atoms with E-state index >= 15 is 0 Å². The van der Waals surface area contributed by atoms with E-state index in [-0.39, 0.29) is 6.42 Å². The first-order valence-corrected chi connectivity index (χ1v) is 4.48. The first-order chi connectivity index (χ1) is 7.38. The normalized spacial score (nSPS) is 14.1. The average Bonchev–Trinajstić information content (AvgIpc) is 2.23. The van der Waals surface area contributed by atoms with Gasteiger partial charge in [-0.15, -0.1) is 0 Å². The van der Waals surface area contributed by atoms with Crippen molar-refractivity contribution in [2.75, 3.05) is 0 Å². The van der Waals surface area contributed by atoms with Crippen LogP contribution in [-0.4, -0.2) is 33.6 Å².